The van der Waals surface area contributed by atoms with E-state index in [1.165, 1.54) is 25.0 Å². The van der Waals surface area contributed by atoms with Gasteiger partial charge in [0.1, 0.15) is 5.82 Å². The van der Waals surface area contributed by atoms with Crippen molar-refractivity contribution in [1.29, 1.82) is 0 Å². The maximum absolute atomic E-state index is 12.8. The Hall–Kier alpha value is -0.980. The van der Waals surface area contributed by atoms with Crippen molar-refractivity contribution in [3.63, 3.8) is 0 Å². The molecular formula is C14H21FN2O2S. The predicted molar refractivity (Wildman–Crippen MR) is 76.4 cm³/mol. The molecule has 0 unspecified atom stereocenters. The third-order valence-electron chi connectivity index (χ3n) is 3.66. The minimum Gasteiger partial charge on any atom is -0.317 e. The van der Waals surface area contributed by atoms with E-state index in [9.17, 15) is 12.8 Å². The van der Waals surface area contributed by atoms with Gasteiger partial charge in [0.15, 0.2) is 0 Å². The highest BCUT2D eigenvalue weighted by atomic mass is 32.2. The largest absolute Gasteiger partial charge is 0.317 e. The number of hydrogen-bond donors (Lipinski definition) is 2. The molecule has 0 radical (unpaired) electrons. The van der Waals surface area contributed by atoms with E-state index in [2.05, 4.69) is 10.0 Å². The van der Waals surface area contributed by atoms with Crippen LogP contribution >= 0.6 is 0 Å². The summed E-state index contributed by atoms with van der Waals surface area (Å²) < 4.78 is 39.2. The van der Waals surface area contributed by atoms with Crippen LogP contribution in [-0.2, 0) is 10.0 Å². The standard InChI is InChI=1S/C14H21FN2O2S/c15-13-3-5-14(6-4-13)20(18,19)17-9-1-2-12-7-10-16-11-8-12/h3-6,12,16-17H,1-2,7-11H2. The van der Waals surface area contributed by atoms with Crippen LogP contribution in [0, 0.1) is 11.7 Å². The van der Waals surface area contributed by atoms with Gasteiger partial charge in [-0.05, 0) is 69.0 Å². The first-order valence-corrected chi connectivity index (χ1v) is 8.52. The highest BCUT2D eigenvalue weighted by Crippen LogP contribution is 2.17. The average molecular weight is 300 g/mol. The minimum atomic E-state index is -3.51. The molecule has 20 heavy (non-hydrogen) atoms. The second kappa shape index (κ2) is 7.15. The lowest BCUT2D eigenvalue weighted by atomic mass is 9.93. The Morgan fingerprint density at radius 1 is 1.20 bits per heavy atom. The van der Waals surface area contributed by atoms with Gasteiger partial charge in [-0.1, -0.05) is 0 Å². The van der Waals surface area contributed by atoms with Crippen LogP contribution in [0.2, 0.25) is 0 Å². The smallest absolute Gasteiger partial charge is 0.240 e. The normalized spacial score (nSPS) is 17.2. The van der Waals surface area contributed by atoms with E-state index >= 15 is 0 Å². The van der Waals surface area contributed by atoms with Crippen LogP contribution in [0.4, 0.5) is 4.39 Å². The molecule has 1 aromatic rings. The fourth-order valence-corrected chi connectivity index (χ4v) is 3.54. The summed E-state index contributed by atoms with van der Waals surface area (Å²) in [6, 6.07) is 4.88. The fraction of sp³-hybridized carbons (Fsp3) is 0.571. The molecule has 4 nitrogen and oxygen atoms in total. The second-order valence-electron chi connectivity index (χ2n) is 5.19. The molecule has 2 N–H and O–H groups in total. The summed E-state index contributed by atoms with van der Waals surface area (Å²) in [5.74, 6) is 0.265. The van der Waals surface area contributed by atoms with Crippen molar-refractivity contribution < 1.29 is 12.8 Å². The zero-order chi connectivity index (χ0) is 14.4. The van der Waals surface area contributed by atoms with E-state index in [1.807, 2.05) is 0 Å². The van der Waals surface area contributed by atoms with Gasteiger partial charge in [0.05, 0.1) is 4.90 Å². The molecule has 2 rings (SSSR count). The van der Waals surface area contributed by atoms with Crippen LogP contribution in [0.3, 0.4) is 0 Å². The monoisotopic (exact) mass is 300 g/mol. The molecule has 0 amide bonds. The average Bonchev–Trinajstić information content (AvgIpc) is 2.45. The third kappa shape index (κ3) is 4.54. The highest BCUT2D eigenvalue weighted by Gasteiger charge is 2.15. The molecule has 1 fully saturated rings. The molecule has 0 aromatic heterocycles. The number of nitrogens with one attached hydrogen (secondary N) is 2. The Morgan fingerprint density at radius 2 is 1.85 bits per heavy atom. The first kappa shape index (κ1) is 15.4. The summed E-state index contributed by atoms with van der Waals surface area (Å²) in [6.45, 7) is 2.56. The van der Waals surface area contributed by atoms with Gasteiger partial charge in [-0.25, -0.2) is 17.5 Å². The van der Waals surface area contributed by atoms with E-state index in [0.717, 1.165) is 38.1 Å². The van der Waals surface area contributed by atoms with E-state index in [0.29, 0.717) is 12.5 Å². The molecule has 0 atom stereocenters. The van der Waals surface area contributed by atoms with Crippen LogP contribution in [0.1, 0.15) is 25.7 Å². The quantitative estimate of drug-likeness (QED) is 0.789. The molecular weight excluding hydrogens is 279 g/mol. The van der Waals surface area contributed by atoms with E-state index in [4.69, 9.17) is 0 Å². The number of rotatable bonds is 6. The number of hydrogen-bond acceptors (Lipinski definition) is 3. The second-order valence-corrected chi connectivity index (χ2v) is 6.95. The maximum atomic E-state index is 12.8. The molecule has 112 valence electrons. The van der Waals surface area contributed by atoms with Gasteiger partial charge in [0.2, 0.25) is 10.0 Å². The Bertz CT molecular complexity index is 510. The topological polar surface area (TPSA) is 58.2 Å². The van der Waals surface area contributed by atoms with Gasteiger partial charge in [-0.2, -0.15) is 0 Å². The predicted octanol–water partition coefficient (Wildman–Crippen LogP) is 1.88. The Labute approximate surface area is 119 Å². The number of piperidine rings is 1. The number of sulfonamides is 1. The minimum absolute atomic E-state index is 0.112. The van der Waals surface area contributed by atoms with Crippen LogP contribution in [0.25, 0.3) is 0 Å². The first-order valence-electron chi connectivity index (χ1n) is 7.04. The lowest BCUT2D eigenvalue weighted by Gasteiger charge is -2.22. The lowest BCUT2D eigenvalue weighted by molar-refractivity contribution is 0.347. The molecule has 0 saturated carbocycles. The molecule has 1 aliphatic rings. The van der Waals surface area contributed by atoms with E-state index < -0.39 is 15.8 Å². The van der Waals surface area contributed by atoms with Crippen molar-refractivity contribution in [3.05, 3.63) is 30.1 Å². The molecule has 0 bridgehead atoms. The fourth-order valence-electron chi connectivity index (χ4n) is 2.46. The summed E-state index contributed by atoms with van der Waals surface area (Å²) in [5.41, 5.74) is 0. The Balaban J connectivity index is 1.76. The van der Waals surface area contributed by atoms with E-state index in [1.54, 1.807) is 0 Å². The van der Waals surface area contributed by atoms with Gasteiger partial charge >= 0.3 is 0 Å². The van der Waals surface area contributed by atoms with Crippen molar-refractivity contribution in [1.82, 2.24) is 10.0 Å². The van der Waals surface area contributed by atoms with Gasteiger partial charge in [-0.15, -0.1) is 0 Å². The zero-order valence-corrected chi connectivity index (χ0v) is 12.3. The highest BCUT2D eigenvalue weighted by molar-refractivity contribution is 7.89. The van der Waals surface area contributed by atoms with Crippen molar-refractivity contribution in [2.24, 2.45) is 5.92 Å². The molecule has 0 aliphatic carbocycles. The van der Waals surface area contributed by atoms with Crippen LogP contribution in [0.15, 0.2) is 29.2 Å². The number of benzene rings is 1. The summed E-state index contributed by atoms with van der Waals surface area (Å²) >= 11 is 0. The molecule has 0 spiro atoms. The van der Waals surface area contributed by atoms with Crippen molar-refractivity contribution in [2.75, 3.05) is 19.6 Å². The lowest BCUT2D eigenvalue weighted by Crippen LogP contribution is -2.29. The zero-order valence-electron chi connectivity index (χ0n) is 11.4. The Morgan fingerprint density at radius 3 is 2.50 bits per heavy atom. The first-order chi connectivity index (χ1) is 9.58. The van der Waals surface area contributed by atoms with Gasteiger partial charge in [0, 0.05) is 6.54 Å². The molecule has 6 heteroatoms. The van der Waals surface area contributed by atoms with Crippen LogP contribution in [-0.4, -0.2) is 28.1 Å². The summed E-state index contributed by atoms with van der Waals surface area (Å²) in [7, 11) is -3.51. The molecule has 1 saturated heterocycles. The van der Waals surface area contributed by atoms with Crippen molar-refractivity contribution in [2.45, 2.75) is 30.6 Å². The molecule has 1 aliphatic heterocycles. The van der Waals surface area contributed by atoms with Crippen LogP contribution < -0.4 is 10.0 Å². The van der Waals surface area contributed by atoms with Crippen molar-refractivity contribution in [3.8, 4) is 0 Å². The third-order valence-corrected chi connectivity index (χ3v) is 5.14. The van der Waals surface area contributed by atoms with Crippen molar-refractivity contribution >= 4 is 10.0 Å². The Kier molecular flexibility index (Phi) is 5.51. The summed E-state index contributed by atoms with van der Waals surface area (Å²) in [6.07, 6.45) is 4.23. The van der Waals surface area contributed by atoms with E-state index in [-0.39, 0.29) is 4.90 Å². The molecule has 1 heterocycles. The molecule has 1 aromatic carbocycles. The maximum Gasteiger partial charge on any atom is 0.240 e. The summed E-state index contributed by atoms with van der Waals surface area (Å²) in [5, 5.41) is 3.31. The van der Waals surface area contributed by atoms with Gasteiger partial charge in [0.25, 0.3) is 0 Å². The van der Waals surface area contributed by atoms with Gasteiger partial charge < -0.3 is 5.32 Å². The van der Waals surface area contributed by atoms with Crippen LogP contribution in [0.5, 0.6) is 0 Å². The summed E-state index contributed by atoms with van der Waals surface area (Å²) in [4.78, 5) is 0.112. The SMILES string of the molecule is O=S(=O)(NCCCC1CCNCC1)c1ccc(F)cc1. The van der Waals surface area contributed by atoms with Gasteiger partial charge in [-0.3, -0.25) is 0 Å². The number of halogens is 1.